The second-order valence-electron chi connectivity index (χ2n) is 2.65. The van der Waals surface area contributed by atoms with Gasteiger partial charge in [-0.05, 0) is 20.3 Å². The van der Waals surface area contributed by atoms with Gasteiger partial charge in [0.25, 0.3) is 0 Å². The molecule has 0 aromatic rings. The van der Waals surface area contributed by atoms with E-state index in [0.29, 0.717) is 0 Å². The molecule has 0 aliphatic carbocycles. The summed E-state index contributed by atoms with van der Waals surface area (Å²) in [4.78, 5) is 2.26. The molecule has 0 fully saturated rings. The van der Waals surface area contributed by atoms with E-state index in [4.69, 9.17) is 0 Å². The van der Waals surface area contributed by atoms with E-state index in [1.54, 1.807) is 0 Å². The number of hydrogen-bond acceptors (Lipinski definition) is 1. The van der Waals surface area contributed by atoms with Gasteiger partial charge in [0.15, 0.2) is 0 Å². The molecular formula is C9H19N. The van der Waals surface area contributed by atoms with Crippen molar-refractivity contribution in [1.29, 1.82) is 0 Å². The second kappa shape index (κ2) is 5.33. The Kier molecular flexibility index (Phi) is 5.09. The molecule has 0 aliphatic rings. The Hall–Kier alpha value is -0.460. The highest BCUT2D eigenvalue weighted by Gasteiger charge is 1.91. The van der Waals surface area contributed by atoms with Crippen molar-refractivity contribution in [3.05, 3.63) is 11.8 Å². The van der Waals surface area contributed by atoms with E-state index in [-0.39, 0.29) is 0 Å². The second-order valence-corrected chi connectivity index (χ2v) is 2.65. The van der Waals surface area contributed by atoms with Crippen LogP contribution in [0.5, 0.6) is 0 Å². The fraction of sp³-hybridized carbons (Fsp3) is 0.778. The van der Waals surface area contributed by atoms with Crippen molar-refractivity contribution < 1.29 is 0 Å². The molecular weight excluding hydrogens is 122 g/mol. The number of rotatable bonds is 4. The molecule has 1 heteroatoms. The first kappa shape index (κ1) is 9.54. The van der Waals surface area contributed by atoms with Gasteiger partial charge in [-0.3, -0.25) is 0 Å². The molecule has 1 nitrogen and oxygen atoms in total. The molecule has 0 aromatic carbocycles. The molecule has 0 heterocycles. The van der Waals surface area contributed by atoms with E-state index in [0.717, 1.165) is 6.54 Å². The standard InChI is InChI=1S/C9H19N/c1-5-7-8-9(3)10(4)6-2/h8H,5-7H2,1-4H3. The maximum atomic E-state index is 2.30. The molecule has 0 saturated carbocycles. The molecule has 0 saturated heterocycles. The molecule has 0 unspecified atom stereocenters. The van der Waals surface area contributed by atoms with Gasteiger partial charge in [0, 0.05) is 19.3 Å². The van der Waals surface area contributed by atoms with Gasteiger partial charge in [0.05, 0.1) is 0 Å². The van der Waals surface area contributed by atoms with E-state index in [2.05, 4.69) is 38.8 Å². The van der Waals surface area contributed by atoms with Crippen LogP contribution >= 0.6 is 0 Å². The number of hydrogen-bond donors (Lipinski definition) is 0. The molecule has 0 rings (SSSR count). The van der Waals surface area contributed by atoms with Crippen molar-refractivity contribution >= 4 is 0 Å². The Bertz CT molecular complexity index is 105. The highest BCUT2D eigenvalue weighted by Crippen LogP contribution is 2.01. The van der Waals surface area contributed by atoms with Crippen LogP contribution in [0.4, 0.5) is 0 Å². The van der Waals surface area contributed by atoms with Gasteiger partial charge < -0.3 is 4.90 Å². The summed E-state index contributed by atoms with van der Waals surface area (Å²) in [6.07, 6.45) is 4.74. The Labute approximate surface area is 64.7 Å². The van der Waals surface area contributed by atoms with Gasteiger partial charge in [0.1, 0.15) is 0 Å². The van der Waals surface area contributed by atoms with Crippen LogP contribution in [-0.2, 0) is 0 Å². The van der Waals surface area contributed by atoms with Crippen molar-refractivity contribution in [2.24, 2.45) is 0 Å². The first-order chi connectivity index (χ1) is 4.72. The SMILES string of the molecule is CCCC=C(C)N(C)CC. The van der Waals surface area contributed by atoms with Gasteiger partial charge in [-0.15, -0.1) is 0 Å². The summed E-state index contributed by atoms with van der Waals surface area (Å²) >= 11 is 0. The maximum absolute atomic E-state index is 2.30. The smallest absolute Gasteiger partial charge is 0.0143 e. The molecule has 0 aliphatic heterocycles. The van der Waals surface area contributed by atoms with Crippen molar-refractivity contribution in [2.75, 3.05) is 13.6 Å². The van der Waals surface area contributed by atoms with Crippen LogP contribution in [0.1, 0.15) is 33.6 Å². The summed E-state index contributed by atoms with van der Waals surface area (Å²) in [5.41, 5.74) is 1.39. The van der Waals surface area contributed by atoms with Crippen LogP contribution in [0.2, 0.25) is 0 Å². The molecule has 0 radical (unpaired) electrons. The van der Waals surface area contributed by atoms with Crippen LogP contribution in [0.15, 0.2) is 11.8 Å². The maximum Gasteiger partial charge on any atom is 0.0143 e. The van der Waals surface area contributed by atoms with Crippen LogP contribution in [0, 0.1) is 0 Å². The molecule has 0 amide bonds. The topological polar surface area (TPSA) is 3.24 Å². The quantitative estimate of drug-likeness (QED) is 0.581. The average Bonchev–Trinajstić information content (AvgIpc) is 1.98. The Morgan fingerprint density at radius 1 is 1.40 bits per heavy atom. The van der Waals surface area contributed by atoms with Gasteiger partial charge in [0.2, 0.25) is 0 Å². The zero-order valence-electron chi connectivity index (χ0n) is 7.65. The van der Waals surface area contributed by atoms with Gasteiger partial charge >= 0.3 is 0 Å². The van der Waals surface area contributed by atoms with Gasteiger partial charge in [-0.25, -0.2) is 0 Å². The minimum Gasteiger partial charge on any atom is -0.379 e. The third-order valence-electron chi connectivity index (χ3n) is 1.80. The summed E-state index contributed by atoms with van der Waals surface area (Å²) in [6, 6.07) is 0. The lowest BCUT2D eigenvalue weighted by atomic mass is 10.3. The third-order valence-corrected chi connectivity index (χ3v) is 1.80. The van der Waals surface area contributed by atoms with Gasteiger partial charge in [-0.1, -0.05) is 19.4 Å². The lowest BCUT2D eigenvalue weighted by Crippen LogP contribution is -2.14. The van der Waals surface area contributed by atoms with E-state index in [1.165, 1.54) is 18.5 Å². The van der Waals surface area contributed by atoms with Crippen LogP contribution < -0.4 is 0 Å². The summed E-state index contributed by atoms with van der Waals surface area (Å²) in [7, 11) is 2.13. The highest BCUT2D eigenvalue weighted by molar-refractivity contribution is 4.95. The molecule has 0 atom stereocenters. The van der Waals surface area contributed by atoms with Crippen molar-refractivity contribution in [2.45, 2.75) is 33.6 Å². The highest BCUT2D eigenvalue weighted by atomic mass is 15.1. The molecule has 0 N–H and O–H groups in total. The van der Waals surface area contributed by atoms with E-state index >= 15 is 0 Å². The van der Waals surface area contributed by atoms with Crippen LogP contribution in [0.3, 0.4) is 0 Å². The fourth-order valence-electron chi connectivity index (χ4n) is 0.758. The van der Waals surface area contributed by atoms with Crippen molar-refractivity contribution in [3.8, 4) is 0 Å². The number of unbranched alkanes of at least 4 members (excludes halogenated alkanes) is 1. The molecule has 0 spiro atoms. The predicted molar refractivity (Wildman–Crippen MR) is 47.0 cm³/mol. The first-order valence-corrected chi connectivity index (χ1v) is 4.10. The lowest BCUT2D eigenvalue weighted by molar-refractivity contribution is 0.440. The molecule has 60 valence electrons. The van der Waals surface area contributed by atoms with Crippen molar-refractivity contribution in [1.82, 2.24) is 4.90 Å². The van der Waals surface area contributed by atoms with Crippen LogP contribution in [0.25, 0.3) is 0 Å². The average molecular weight is 141 g/mol. The normalized spacial score (nSPS) is 11.8. The lowest BCUT2D eigenvalue weighted by Gasteiger charge is -2.16. The summed E-state index contributed by atoms with van der Waals surface area (Å²) in [5, 5.41) is 0. The number of allylic oxidation sites excluding steroid dienone is 2. The Balaban J connectivity index is 3.67. The van der Waals surface area contributed by atoms with E-state index in [9.17, 15) is 0 Å². The first-order valence-electron chi connectivity index (χ1n) is 4.10. The molecule has 0 bridgehead atoms. The summed E-state index contributed by atoms with van der Waals surface area (Å²) in [5.74, 6) is 0. The zero-order valence-corrected chi connectivity index (χ0v) is 7.65. The van der Waals surface area contributed by atoms with Gasteiger partial charge in [-0.2, -0.15) is 0 Å². The molecule has 10 heavy (non-hydrogen) atoms. The minimum atomic E-state index is 1.10. The van der Waals surface area contributed by atoms with E-state index in [1.807, 2.05) is 0 Å². The zero-order chi connectivity index (χ0) is 7.98. The summed E-state index contributed by atoms with van der Waals surface area (Å²) in [6.45, 7) is 7.64. The summed E-state index contributed by atoms with van der Waals surface area (Å²) < 4.78 is 0. The Morgan fingerprint density at radius 2 is 2.00 bits per heavy atom. The number of nitrogens with zero attached hydrogens (tertiary/aromatic N) is 1. The Morgan fingerprint density at radius 3 is 2.40 bits per heavy atom. The third kappa shape index (κ3) is 3.54. The molecule has 0 aromatic heterocycles. The monoisotopic (exact) mass is 141 g/mol. The predicted octanol–water partition coefficient (Wildman–Crippen LogP) is 2.64. The largest absolute Gasteiger partial charge is 0.379 e. The van der Waals surface area contributed by atoms with E-state index < -0.39 is 0 Å². The minimum absolute atomic E-state index is 1.10. The van der Waals surface area contributed by atoms with Crippen molar-refractivity contribution in [3.63, 3.8) is 0 Å². The fourth-order valence-corrected chi connectivity index (χ4v) is 0.758. The van der Waals surface area contributed by atoms with Crippen LogP contribution in [-0.4, -0.2) is 18.5 Å².